The Labute approximate surface area is 130 Å². The zero-order valence-electron chi connectivity index (χ0n) is 12.7. The fourth-order valence-corrected chi connectivity index (χ4v) is 3.01. The monoisotopic (exact) mass is 311 g/mol. The summed E-state index contributed by atoms with van der Waals surface area (Å²) in [7, 11) is 0. The van der Waals surface area contributed by atoms with E-state index in [1.165, 1.54) is 38.2 Å². The average Bonchev–Trinajstić information content (AvgIpc) is 2.50. The smallest absolute Gasteiger partial charge is 0.387 e. The van der Waals surface area contributed by atoms with E-state index >= 15 is 0 Å². The molecule has 2 rings (SSSR count). The number of anilines is 1. The van der Waals surface area contributed by atoms with Gasteiger partial charge in [-0.25, -0.2) is 0 Å². The van der Waals surface area contributed by atoms with Crippen molar-refractivity contribution in [3.63, 3.8) is 0 Å². The molecule has 122 valence electrons. The summed E-state index contributed by atoms with van der Waals surface area (Å²) in [6, 6.07) is 6.26. The number of carbonyl (C=O) groups excluding carboxylic acids is 1. The number of alkyl halides is 2. The molecule has 1 saturated carbocycles. The van der Waals surface area contributed by atoms with Gasteiger partial charge in [0.15, 0.2) is 0 Å². The van der Waals surface area contributed by atoms with Gasteiger partial charge in [0, 0.05) is 6.42 Å². The van der Waals surface area contributed by atoms with Gasteiger partial charge >= 0.3 is 6.61 Å². The number of hydrogen-bond acceptors (Lipinski definition) is 2. The molecule has 0 aliphatic heterocycles. The van der Waals surface area contributed by atoms with Crippen molar-refractivity contribution in [3.05, 3.63) is 24.3 Å². The average molecular weight is 311 g/mol. The minimum Gasteiger partial charge on any atom is -0.433 e. The molecule has 5 heteroatoms. The number of amides is 1. The zero-order valence-corrected chi connectivity index (χ0v) is 12.7. The number of hydrogen-bond donors (Lipinski definition) is 1. The summed E-state index contributed by atoms with van der Waals surface area (Å²) in [5.41, 5.74) is 0.297. The fourth-order valence-electron chi connectivity index (χ4n) is 3.01. The lowest BCUT2D eigenvalue weighted by molar-refractivity contribution is -0.116. The minimum atomic E-state index is -2.90. The predicted octanol–water partition coefficient (Wildman–Crippen LogP) is 4.98. The van der Waals surface area contributed by atoms with Crippen molar-refractivity contribution in [2.45, 2.75) is 58.0 Å². The summed E-state index contributed by atoms with van der Waals surface area (Å²) < 4.78 is 29.0. The van der Waals surface area contributed by atoms with Gasteiger partial charge in [0.1, 0.15) is 5.75 Å². The number of rotatable bonds is 7. The van der Waals surface area contributed by atoms with E-state index in [2.05, 4.69) is 10.1 Å². The SMILES string of the molecule is O=C(CCCC1CCCCC1)Nc1ccccc1OC(F)F. The van der Waals surface area contributed by atoms with Crippen molar-refractivity contribution in [3.8, 4) is 5.75 Å². The van der Waals surface area contributed by atoms with E-state index in [9.17, 15) is 13.6 Å². The molecule has 1 aromatic rings. The molecule has 0 atom stereocenters. The highest BCUT2D eigenvalue weighted by molar-refractivity contribution is 5.92. The summed E-state index contributed by atoms with van der Waals surface area (Å²) in [5.74, 6) is 0.593. The zero-order chi connectivity index (χ0) is 15.8. The number of benzene rings is 1. The third-order valence-corrected chi connectivity index (χ3v) is 4.12. The summed E-state index contributed by atoms with van der Waals surface area (Å²) in [4.78, 5) is 11.9. The molecule has 3 nitrogen and oxygen atoms in total. The van der Waals surface area contributed by atoms with E-state index in [4.69, 9.17) is 0 Å². The molecule has 0 radical (unpaired) electrons. The van der Waals surface area contributed by atoms with E-state index in [0.29, 0.717) is 12.1 Å². The summed E-state index contributed by atoms with van der Waals surface area (Å²) in [6.07, 6.45) is 8.80. The van der Waals surface area contributed by atoms with E-state index in [0.717, 1.165) is 18.8 Å². The molecule has 0 unspecified atom stereocenters. The quantitative estimate of drug-likeness (QED) is 0.771. The van der Waals surface area contributed by atoms with Gasteiger partial charge in [-0.15, -0.1) is 0 Å². The first-order chi connectivity index (χ1) is 10.6. The third kappa shape index (κ3) is 5.62. The van der Waals surface area contributed by atoms with Gasteiger partial charge in [-0.3, -0.25) is 4.79 Å². The molecule has 1 aliphatic rings. The maximum atomic E-state index is 12.3. The Morgan fingerprint density at radius 3 is 2.68 bits per heavy atom. The van der Waals surface area contributed by atoms with Crippen molar-refractivity contribution in [2.24, 2.45) is 5.92 Å². The minimum absolute atomic E-state index is 0.00173. The second-order valence-electron chi connectivity index (χ2n) is 5.82. The molecular formula is C17H23F2NO2. The van der Waals surface area contributed by atoms with Crippen LogP contribution in [0.4, 0.5) is 14.5 Å². The highest BCUT2D eigenvalue weighted by atomic mass is 19.3. The van der Waals surface area contributed by atoms with Crippen LogP contribution in [0.25, 0.3) is 0 Å². The van der Waals surface area contributed by atoms with Gasteiger partial charge in [-0.1, -0.05) is 44.2 Å². The molecule has 1 fully saturated rings. The van der Waals surface area contributed by atoms with Crippen LogP contribution in [0.15, 0.2) is 24.3 Å². The molecule has 0 bridgehead atoms. The van der Waals surface area contributed by atoms with Crippen LogP contribution in [0.2, 0.25) is 0 Å². The van der Waals surface area contributed by atoms with Crippen LogP contribution in [0.3, 0.4) is 0 Å². The second kappa shape index (κ2) is 8.71. The van der Waals surface area contributed by atoms with Gasteiger partial charge in [0.2, 0.25) is 5.91 Å². The van der Waals surface area contributed by atoms with E-state index in [1.54, 1.807) is 18.2 Å². The Bertz CT molecular complexity index is 473. The van der Waals surface area contributed by atoms with Gasteiger partial charge in [0.05, 0.1) is 5.69 Å². The number of carbonyl (C=O) groups is 1. The van der Waals surface area contributed by atoms with Crippen molar-refractivity contribution in [2.75, 3.05) is 5.32 Å². The lowest BCUT2D eigenvalue weighted by Gasteiger charge is -2.21. The van der Waals surface area contributed by atoms with Crippen LogP contribution < -0.4 is 10.1 Å². The molecule has 1 amide bonds. The van der Waals surface area contributed by atoms with Gasteiger partial charge < -0.3 is 10.1 Å². The molecular weight excluding hydrogens is 288 g/mol. The highest BCUT2D eigenvalue weighted by Gasteiger charge is 2.15. The van der Waals surface area contributed by atoms with E-state index in [-0.39, 0.29) is 11.7 Å². The van der Waals surface area contributed by atoms with Crippen molar-refractivity contribution >= 4 is 11.6 Å². The molecule has 1 N–H and O–H groups in total. The van der Waals surface area contributed by atoms with Gasteiger partial charge in [0.25, 0.3) is 0 Å². The lowest BCUT2D eigenvalue weighted by atomic mass is 9.86. The Balaban J connectivity index is 1.76. The van der Waals surface area contributed by atoms with E-state index in [1.807, 2.05) is 0 Å². The van der Waals surface area contributed by atoms with Crippen molar-refractivity contribution < 1.29 is 18.3 Å². The molecule has 0 aromatic heterocycles. The molecule has 1 aliphatic carbocycles. The number of para-hydroxylation sites is 2. The van der Waals surface area contributed by atoms with Crippen LogP contribution in [-0.2, 0) is 4.79 Å². The number of halogens is 2. The number of nitrogens with one attached hydrogen (secondary N) is 1. The van der Waals surface area contributed by atoms with Gasteiger partial charge in [-0.05, 0) is 30.9 Å². The Kier molecular flexibility index (Phi) is 6.62. The standard InChI is InChI=1S/C17H23F2NO2/c18-17(19)22-15-11-5-4-10-14(15)20-16(21)12-6-9-13-7-2-1-3-8-13/h4-5,10-11,13,17H,1-3,6-9,12H2,(H,20,21). The van der Waals surface area contributed by atoms with E-state index < -0.39 is 6.61 Å². The normalized spacial score (nSPS) is 15.8. The maximum absolute atomic E-state index is 12.3. The second-order valence-corrected chi connectivity index (χ2v) is 5.82. The molecule has 0 saturated heterocycles. The summed E-state index contributed by atoms with van der Waals surface area (Å²) in [5, 5.41) is 2.66. The molecule has 22 heavy (non-hydrogen) atoms. The lowest BCUT2D eigenvalue weighted by Crippen LogP contribution is -2.14. The summed E-state index contributed by atoms with van der Waals surface area (Å²) in [6.45, 7) is -2.90. The topological polar surface area (TPSA) is 38.3 Å². The Morgan fingerprint density at radius 1 is 1.23 bits per heavy atom. The highest BCUT2D eigenvalue weighted by Crippen LogP contribution is 2.28. The van der Waals surface area contributed by atoms with Crippen LogP contribution in [-0.4, -0.2) is 12.5 Å². The Morgan fingerprint density at radius 2 is 1.95 bits per heavy atom. The maximum Gasteiger partial charge on any atom is 0.387 e. The molecule has 0 spiro atoms. The number of ether oxygens (including phenoxy) is 1. The molecule has 1 aromatic carbocycles. The van der Waals surface area contributed by atoms with Crippen LogP contribution in [0.5, 0.6) is 5.75 Å². The van der Waals surface area contributed by atoms with Crippen LogP contribution in [0, 0.1) is 5.92 Å². The largest absolute Gasteiger partial charge is 0.433 e. The third-order valence-electron chi connectivity index (χ3n) is 4.12. The van der Waals surface area contributed by atoms with Gasteiger partial charge in [-0.2, -0.15) is 8.78 Å². The van der Waals surface area contributed by atoms with Crippen LogP contribution in [0.1, 0.15) is 51.4 Å². The fraction of sp³-hybridized carbons (Fsp3) is 0.588. The Hall–Kier alpha value is -1.65. The first-order valence-electron chi connectivity index (χ1n) is 7.99. The summed E-state index contributed by atoms with van der Waals surface area (Å²) >= 11 is 0. The predicted molar refractivity (Wildman–Crippen MR) is 82.1 cm³/mol. The molecule has 0 heterocycles. The van der Waals surface area contributed by atoms with Crippen molar-refractivity contribution in [1.82, 2.24) is 0 Å². The first kappa shape index (κ1) is 16.7. The first-order valence-corrected chi connectivity index (χ1v) is 7.99. The van der Waals surface area contributed by atoms with Crippen LogP contribution >= 0.6 is 0 Å². The van der Waals surface area contributed by atoms with Crippen molar-refractivity contribution in [1.29, 1.82) is 0 Å².